The van der Waals surface area contributed by atoms with Gasteiger partial charge < -0.3 is 18.8 Å². The molecule has 0 aliphatic rings. The Bertz CT molecular complexity index is 3580. The van der Waals surface area contributed by atoms with Crippen LogP contribution >= 0.6 is 0 Å². The molecule has 12 rings (SSSR count). The lowest BCUT2D eigenvalue weighted by Crippen LogP contribution is -2.13. The zero-order valence-electron chi connectivity index (χ0n) is 33.8. The number of hydrogen-bond donors (Lipinski definition) is 0. The van der Waals surface area contributed by atoms with Crippen molar-refractivity contribution in [2.75, 3.05) is 9.80 Å². The average molecular weight is 794 g/mol. The number of fused-ring (bicyclic) bond motifs is 7. The molecule has 0 fully saturated rings. The van der Waals surface area contributed by atoms with Crippen LogP contribution in [-0.2, 0) is 0 Å². The quantitative estimate of drug-likeness (QED) is 0.153. The van der Waals surface area contributed by atoms with Crippen molar-refractivity contribution in [3.63, 3.8) is 0 Å². The summed E-state index contributed by atoms with van der Waals surface area (Å²) < 4.78 is 8.92. The lowest BCUT2D eigenvalue weighted by Gasteiger charge is -2.29. The Balaban J connectivity index is 0.992. The Morgan fingerprint density at radius 3 is 1.55 bits per heavy atom. The molecule has 0 saturated heterocycles. The molecule has 2 aromatic heterocycles. The van der Waals surface area contributed by atoms with E-state index in [1.165, 1.54) is 38.3 Å². The third-order valence-electron chi connectivity index (χ3n) is 12.1. The van der Waals surface area contributed by atoms with Crippen molar-refractivity contribution in [1.29, 1.82) is 0 Å². The molecule has 0 spiro atoms. The van der Waals surface area contributed by atoms with Crippen LogP contribution in [0.15, 0.2) is 241 Å². The molecular weight excluding hydrogens is 755 g/mol. The molecule has 0 N–H and O–H groups in total. The van der Waals surface area contributed by atoms with Gasteiger partial charge in [-0.25, -0.2) is 0 Å². The molecule has 0 radical (unpaired) electrons. The summed E-state index contributed by atoms with van der Waals surface area (Å²) in [5.74, 6) is 0. The van der Waals surface area contributed by atoms with Crippen molar-refractivity contribution in [2.45, 2.75) is 0 Å². The molecule has 12 aromatic rings. The summed E-state index contributed by atoms with van der Waals surface area (Å²) in [7, 11) is 0. The van der Waals surface area contributed by atoms with Crippen molar-refractivity contribution in [2.24, 2.45) is 0 Å². The smallest absolute Gasteiger partial charge is 0.136 e. The van der Waals surface area contributed by atoms with Crippen molar-refractivity contribution in [1.82, 2.24) is 4.57 Å². The van der Waals surface area contributed by atoms with Crippen molar-refractivity contribution in [3.8, 4) is 16.8 Å². The molecule has 62 heavy (non-hydrogen) atoms. The van der Waals surface area contributed by atoms with Crippen molar-refractivity contribution >= 4 is 88.6 Å². The molecular formula is C58H39N3O. The van der Waals surface area contributed by atoms with Gasteiger partial charge in [0, 0.05) is 61.4 Å². The van der Waals surface area contributed by atoms with E-state index >= 15 is 0 Å². The minimum Gasteiger partial charge on any atom is -0.456 e. The molecule has 0 unspecified atom stereocenters. The number of para-hydroxylation sites is 4. The van der Waals surface area contributed by atoms with Gasteiger partial charge in [-0.2, -0.15) is 0 Å². The van der Waals surface area contributed by atoms with Gasteiger partial charge in [-0.15, -0.1) is 0 Å². The molecule has 0 aliphatic carbocycles. The Kier molecular flexibility index (Phi) is 8.46. The standard InChI is InChI=1S/C58H39N3O/c1-5-16-40(17-6-1)41-28-29-42-35-53-54-39-50(31-33-57(54)62-58(53)36-43(42)34-41)60(45-20-9-3-10-21-45)48-25-15-24-47(37-48)59(44-18-7-2-8-19-44)49-30-32-56-52(38-49)51-26-13-14-27-55(51)61(56)46-22-11-4-12-23-46/h1-39H. The molecule has 4 heteroatoms. The molecule has 292 valence electrons. The summed E-state index contributed by atoms with van der Waals surface area (Å²) in [6, 6.07) is 84.6. The van der Waals surface area contributed by atoms with Gasteiger partial charge in [0.15, 0.2) is 0 Å². The first-order chi connectivity index (χ1) is 30.7. The van der Waals surface area contributed by atoms with E-state index in [1.807, 2.05) is 0 Å². The van der Waals surface area contributed by atoms with Gasteiger partial charge in [-0.1, -0.05) is 121 Å². The number of benzene rings is 10. The summed E-state index contributed by atoms with van der Waals surface area (Å²) in [6.07, 6.45) is 0. The van der Waals surface area contributed by atoms with E-state index < -0.39 is 0 Å². The second kappa shape index (κ2) is 14.7. The van der Waals surface area contributed by atoms with E-state index in [9.17, 15) is 0 Å². The summed E-state index contributed by atoms with van der Waals surface area (Å²) >= 11 is 0. The van der Waals surface area contributed by atoms with Crippen LogP contribution in [0.3, 0.4) is 0 Å². The zero-order chi connectivity index (χ0) is 41.0. The SMILES string of the molecule is c1ccc(-c2ccc3cc4c(cc3c2)oc2ccc(N(c3ccccc3)c3cccc(N(c5ccccc5)c5ccc6c(c5)c5ccccc5n6-c5ccccc5)c3)cc24)cc1. The Morgan fingerprint density at radius 2 is 0.839 bits per heavy atom. The van der Waals surface area contributed by atoms with Gasteiger partial charge in [0.2, 0.25) is 0 Å². The number of hydrogen-bond acceptors (Lipinski definition) is 3. The van der Waals surface area contributed by atoms with E-state index in [-0.39, 0.29) is 0 Å². The second-order valence-corrected chi connectivity index (χ2v) is 15.8. The summed E-state index contributed by atoms with van der Waals surface area (Å²) in [5.41, 5.74) is 14.0. The number of anilines is 6. The van der Waals surface area contributed by atoms with Crippen molar-refractivity contribution < 1.29 is 4.42 Å². The highest BCUT2D eigenvalue weighted by Gasteiger charge is 2.21. The highest BCUT2D eigenvalue weighted by molar-refractivity contribution is 6.12. The summed E-state index contributed by atoms with van der Waals surface area (Å²) in [4.78, 5) is 4.71. The van der Waals surface area contributed by atoms with Gasteiger partial charge >= 0.3 is 0 Å². The summed E-state index contributed by atoms with van der Waals surface area (Å²) in [5, 5.41) is 6.94. The minimum atomic E-state index is 0.864. The van der Waals surface area contributed by atoms with Gasteiger partial charge in [-0.05, 0) is 137 Å². The lowest BCUT2D eigenvalue weighted by atomic mass is 10.00. The van der Waals surface area contributed by atoms with E-state index in [4.69, 9.17) is 4.42 Å². The maximum absolute atomic E-state index is 6.56. The first-order valence-corrected chi connectivity index (χ1v) is 21.1. The van der Waals surface area contributed by atoms with Gasteiger partial charge in [-0.3, -0.25) is 0 Å². The van der Waals surface area contributed by atoms with Crippen LogP contribution in [0.25, 0.3) is 71.3 Å². The minimum absolute atomic E-state index is 0.864. The first kappa shape index (κ1) is 35.6. The van der Waals surface area contributed by atoms with Gasteiger partial charge in [0.05, 0.1) is 11.0 Å². The third kappa shape index (κ3) is 6.08. The molecule has 10 aromatic carbocycles. The largest absolute Gasteiger partial charge is 0.456 e. The van der Waals surface area contributed by atoms with Crippen LogP contribution in [0.2, 0.25) is 0 Å². The fourth-order valence-corrected chi connectivity index (χ4v) is 9.23. The Labute approximate surface area is 359 Å². The predicted octanol–water partition coefficient (Wildman–Crippen LogP) is 16.4. The third-order valence-corrected chi connectivity index (χ3v) is 12.1. The highest BCUT2D eigenvalue weighted by Crippen LogP contribution is 2.44. The number of aromatic nitrogens is 1. The monoisotopic (exact) mass is 793 g/mol. The molecule has 2 heterocycles. The number of nitrogens with zero attached hydrogens (tertiary/aromatic N) is 3. The maximum Gasteiger partial charge on any atom is 0.136 e. The van der Waals surface area contributed by atoms with Gasteiger partial charge in [0.25, 0.3) is 0 Å². The molecule has 0 amide bonds. The summed E-state index contributed by atoms with van der Waals surface area (Å²) in [6.45, 7) is 0. The fourth-order valence-electron chi connectivity index (χ4n) is 9.23. The molecule has 4 nitrogen and oxygen atoms in total. The highest BCUT2D eigenvalue weighted by atomic mass is 16.3. The van der Waals surface area contributed by atoms with Crippen LogP contribution in [0, 0.1) is 0 Å². The average Bonchev–Trinajstić information content (AvgIpc) is 3.86. The fraction of sp³-hybridized carbons (Fsp3) is 0. The zero-order valence-corrected chi connectivity index (χ0v) is 33.8. The molecule has 0 bridgehead atoms. The van der Waals surface area contributed by atoms with Crippen LogP contribution in [0.5, 0.6) is 0 Å². The molecule has 0 saturated carbocycles. The molecule has 0 atom stereocenters. The lowest BCUT2D eigenvalue weighted by molar-refractivity contribution is 0.669. The topological polar surface area (TPSA) is 24.6 Å². The second-order valence-electron chi connectivity index (χ2n) is 15.8. The van der Waals surface area contributed by atoms with E-state index in [1.54, 1.807) is 0 Å². The Morgan fingerprint density at radius 1 is 0.290 bits per heavy atom. The number of furan rings is 1. The van der Waals surface area contributed by atoms with Gasteiger partial charge in [0.1, 0.15) is 11.2 Å². The van der Waals surface area contributed by atoms with Crippen LogP contribution in [0.4, 0.5) is 34.1 Å². The number of rotatable bonds is 8. The van der Waals surface area contributed by atoms with E-state index in [0.717, 1.165) is 67.1 Å². The normalized spacial score (nSPS) is 11.5. The van der Waals surface area contributed by atoms with Crippen LogP contribution in [0.1, 0.15) is 0 Å². The maximum atomic E-state index is 6.56. The predicted molar refractivity (Wildman–Crippen MR) is 260 cm³/mol. The van der Waals surface area contributed by atoms with Crippen LogP contribution in [-0.4, -0.2) is 4.57 Å². The Hall–Kier alpha value is -8.34. The van der Waals surface area contributed by atoms with E-state index in [2.05, 4.69) is 251 Å². The van der Waals surface area contributed by atoms with Crippen molar-refractivity contribution in [3.05, 3.63) is 237 Å². The first-order valence-electron chi connectivity index (χ1n) is 21.1. The molecule has 0 aliphatic heterocycles. The van der Waals surface area contributed by atoms with Crippen LogP contribution < -0.4 is 9.80 Å². The van der Waals surface area contributed by atoms with E-state index in [0.29, 0.717) is 0 Å².